The number of carbonyl (C=O) groups excluding carboxylic acids is 2. The first-order valence-electron chi connectivity index (χ1n) is 11.5. The lowest BCUT2D eigenvalue weighted by atomic mass is 10.0. The van der Waals surface area contributed by atoms with Crippen molar-refractivity contribution in [2.75, 3.05) is 11.9 Å². The Balaban J connectivity index is 1.40. The minimum absolute atomic E-state index is 0.132. The number of hydrogen-bond donors (Lipinski definition) is 1. The normalized spacial score (nSPS) is 11.1. The average molecular weight is 502 g/mol. The van der Waals surface area contributed by atoms with Crippen molar-refractivity contribution in [2.45, 2.75) is 44.7 Å². The molecule has 0 unspecified atom stereocenters. The number of unbranched alkanes of at least 4 members (excludes halogenated alkanes) is 4. The molecule has 1 N–H and O–H groups in total. The van der Waals surface area contributed by atoms with E-state index in [0.717, 1.165) is 41.6 Å². The summed E-state index contributed by atoms with van der Waals surface area (Å²) in [7, 11) is 0. The summed E-state index contributed by atoms with van der Waals surface area (Å²) in [6.07, 6.45) is 0.123. The van der Waals surface area contributed by atoms with Crippen LogP contribution in [0.4, 0.5) is 19.1 Å². The zero-order valence-electron chi connectivity index (χ0n) is 19.5. The molecule has 0 bridgehead atoms. The Kier molecular flexibility index (Phi) is 9.79. The van der Waals surface area contributed by atoms with Crippen LogP contribution in [0.1, 0.15) is 38.5 Å². The molecule has 36 heavy (non-hydrogen) atoms. The largest absolute Gasteiger partial charge is 0.495 e. The van der Waals surface area contributed by atoms with E-state index < -0.39 is 18.1 Å². The first-order chi connectivity index (χ1) is 17.3. The van der Waals surface area contributed by atoms with Gasteiger partial charge in [-0.2, -0.15) is 13.2 Å². The number of benzene rings is 2. The van der Waals surface area contributed by atoms with Crippen LogP contribution in [0, 0.1) is 0 Å². The van der Waals surface area contributed by atoms with Gasteiger partial charge in [-0.25, -0.2) is 29.3 Å². The van der Waals surface area contributed by atoms with Crippen molar-refractivity contribution >= 4 is 17.9 Å². The maximum absolute atomic E-state index is 12.0. The number of hydrogen-bond acceptors (Lipinski definition) is 7. The second-order valence-corrected chi connectivity index (χ2v) is 7.96. The minimum Gasteiger partial charge on any atom is -0.354 e. The van der Waals surface area contributed by atoms with Crippen molar-refractivity contribution in [3.05, 3.63) is 66.9 Å². The molecule has 0 spiro atoms. The third-order valence-corrected chi connectivity index (χ3v) is 5.20. The molecule has 0 aliphatic rings. The number of anilines is 1. The number of aromatic nitrogens is 2. The topological polar surface area (TPSA) is 90.4 Å². The first-order valence-corrected chi connectivity index (χ1v) is 11.5. The SMILES string of the molecule is O=C(CCCCCCCNc1ncc(-c2ccccc2)c(-c2ccccc2)n1)OOC(=O)C(F)(F)F. The molecule has 0 aliphatic carbocycles. The minimum atomic E-state index is -5.20. The summed E-state index contributed by atoms with van der Waals surface area (Å²) in [6.45, 7) is 0.661. The van der Waals surface area contributed by atoms with Crippen LogP contribution in [0.25, 0.3) is 22.4 Å². The molecule has 2 aromatic carbocycles. The van der Waals surface area contributed by atoms with Crippen molar-refractivity contribution in [2.24, 2.45) is 0 Å². The molecular formula is C26H26F3N3O4. The van der Waals surface area contributed by atoms with Gasteiger partial charge in [0.2, 0.25) is 5.95 Å². The second-order valence-electron chi connectivity index (χ2n) is 7.96. The molecule has 7 nitrogen and oxygen atoms in total. The van der Waals surface area contributed by atoms with E-state index in [1.165, 1.54) is 0 Å². The van der Waals surface area contributed by atoms with E-state index in [0.29, 0.717) is 25.3 Å². The quantitative estimate of drug-likeness (QED) is 0.192. The maximum atomic E-state index is 12.0. The standard InChI is InChI=1S/C26H26F3N3O4/c27-26(28,29)24(34)36-35-22(33)16-10-2-1-3-11-17-30-25-31-18-21(19-12-6-4-7-13-19)23(32-25)20-14-8-5-9-15-20/h4-9,12-15,18H,1-3,10-11,16-17H2,(H,30,31,32). The van der Waals surface area contributed by atoms with E-state index in [1.807, 2.05) is 66.9 Å². The lowest BCUT2D eigenvalue weighted by Crippen LogP contribution is -2.26. The van der Waals surface area contributed by atoms with E-state index in [-0.39, 0.29) is 6.42 Å². The fourth-order valence-corrected chi connectivity index (χ4v) is 3.41. The van der Waals surface area contributed by atoms with Gasteiger partial charge in [0.25, 0.3) is 0 Å². The van der Waals surface area contributed by atoms with E-state index in [1.54, 1.807) is 0 Å². The monoisotopic (exact) mass is 501 g/mol. The zero-order valence-corrected chi connectivity index (χ0v) is 19.5. The van der Waals surface area contributed by atoms with Crippen molar-refractivity contribution in [1.29, 1.82) is 0 Å². The molecule has 0 atom stereocenters. The van der Waals surface area contributed by atoms with Crippen molar-refractivity contribution in [3.63, 3.8) is 0 Å². The molecule has 0 aliphatic heterocycles. The predicted octanol–water partition coefficient (Wildman–Crippen LogP) is 6.13. The molecule has 3 rings (SSSR count). The number of halogens is 3. The van der Waals surface area contributed by atoms with Gasteiger partial charge in [0.1, 0.15) is 0 Å². The number of nitrogens with zero attached hydrogens (tertiary/aromatic N) is 2. The molecule has 1 heterocycles. The summed E-state index contributed by atoms with van der Waals surface area (Å²) >= 11 is 0. The summed E-state index contributed by atoms with van der Waals surface area (Å²) < 4.78 is 35.9. The average Bonchev–Trinajstić information content (AvgIpc) is 2.89. The van der Waals surface area contributed by atoms with Gasteiger partial charge in [0.15, 0.2) is 0 Å². The number of carbonyl (C=O) groups is 2. The van der Waals surface area contributed by atoms with Crippen LogP contribution in [0.3, 0.4) is 0 Å². The third-order valence-electron chi connectivity index (χ3n) is 5.20. The Morgan fingerprint density at radius 3 is 2.08 bits per heavy atom. The molecule has 0 amide bonds. The van der Waals surface area contributed by atoms with Crippen LogP contribution in [-0.2, 0) is 19.4 Å². The third kappa shape index (κ3) is 8.37. The van der Waals surface area contributed by atoms with E-state index in [4.69, 9.17) is 4.98 Å². The van der Waals surface area contributed by atoms with Crippen molar-refractivity contribution in [3.8, 4) is 22.4 Å². The van der Waals surface area contributed by atoms with Gasteiger partial charge < -0.3 is 5.32 Å². The molecule has 1 aromatic heterocycles. The Labute approximate surface area is 206 Å². The molecule has 3 aromatic rings. The summed E-state index contributed by atoms with van der Waals surface area (Å²) in [5, 5.41) is 3.25. The Morgan fingerprint density at radius 1 is 0.806 bits per heavy atom. The van der Waals surface area contributed by atoms with Crippen LogP contribution < -0.4 is 5.32 Å². The van der Waals surface area contributed by atoms with Crippen LogP contribution >= 0.6 is 0 Å². The lowest BCUT2D eigenvalue weighted by molar-refractivity contribution is -0.285. The van der Waals surface area contributed by atoms with Gasteiger partial charge in [-0.05, 0) is 18.4 Å². The lowest BCUT2D eigenvalue weighted by Gasteiger charge is -2.12. The molecule has 0 fully saturated rings. The fraction of sp³-hybridized carbons (Fsp3) is 0.308. The Hall–Kier alpha value is -3.95. The van der Waals surface area contributed by atoms with Crippen LogP contribution in [0.15, 0.2) is 66.9 Å². The number of nitrogens with one attached hydrogen (secondary N) is 1. The number of rotatable bonds is 11. The highest BCUT2D eigenvalue weighted by molar-refractivity contribution is 5.80. The van der Waals surface area contributed by atoms with Gasteiger partial charge >= 0.3 is 18.1 Å². The Bertz CT molecular complexity index is 1130. The maximum Gasteiger partial charge on any atom is 0.495 e. The summed E-state index contributed by atoms with van der Waals surface area (Å²) in [4.78, 5) is 38.4. The van der Waals surface area contributed by atoms with Crippen LogP contribution in [0.2, 0.25) is 0 Å². The van der Waals surface area contributed by atoms with E-state index in [9.17, 15) is 22.8 Å². The van der Waals surface area contributed by atoms with Gasteiger partial charge in [0, 0.05) is 23.9 Å². The van der Waals surface area contributed by atoms with Gasteiger partial charge in [-0.3, -0.25) is 0 Å². The van der Waals surface area contributed by atoms with Crippen molar-refractivity contribution < 1.29 is 32.5 Å². The van der Waals surface area contributed by atoms with Gasteiger partial charge in [-0.15, -0.1) is 0 Å². The zero-order chi connectivity index (χ0) is 25.8. The molecule has 0 saturated carbocycles. The van der Waals surface area contributed by atoms with Crippen LogP contribution in [-0.4, -0.2) is 34.6 Å². The second kappa shape index (κ2) is 13.2. The molecule has 0 saturated heterocycles. The van der Waals surface area contributed by atoms with Gasteiger partial charge in [-0.1, -0.05) is 79.9 Å². The smallest absolute Gasteiger partial charge is 0.354 e. The summed E-state index contributed by atoms with van der Waals surface area (Å²) in [6, 6.07) is 19.9. The molecule has 0 radical (unpaired) electrons. The highest BCUT2D eigenvalue weighted by atomic mass is 19.4. The fourth-order valence-electron chi connectivity index (χ4n) is 3.41. The van der Waals surface area contributed by atoms with Gasteiger partial charge in [0.05, 0.1) is 12.1 Å². The Morgan fingerprint density at radius 2 is 1.42 bits per heavy atom. The predicted molar refractivity (Wildman–Crippen MR) is 127 cm³/mol. The first kappa shape index (κ1) is 26.7. The van der Waals surface area contributed by atoms with E-state index >= 15 is 0 Å². The summed E-state index contributed by atoms with van der Waals surface area (Å²) in [5.74, 6) is -3.04. The van der Waals surface area contributed by atoms with E-state index in [2.05, 4.69) is 20.1 Å². The highest BCUT2D eigenvalue weighted by Gasteiger charge is 2.43. The van der Waals surface area contributed by atoms with Crippen LogP contribution in [0.5, 0.6) is 0 Å². The molecule has 190 valence electrons. The summed E-state index contributed by atoms with van der Waals surface area (Å²) in [5.41, 5.74) is 3.81. The number of alkyl halides is 3. The molecular weight excluding hydrogens is 475 g/mol. The van der Waals surface area contributed by atoms with Crippen molar-refractivity contribution in [1.82, 2.24) is 9.97 Å². The molecule has 10 heteroatoms. The highest BCUT2D eigenvalue weighted by Crippen LogP contribution is 2.30.